The zero-order valence-corrected chi connectivity index (χ0v) is 8.89. The van der Waals surface area contributed by atoms with Gasteiger partial charge >= 0.3 is 0 Å². The summed E-state index contributed by atoms with van der Waals surface area (Å²) in [5.41, 5.74) is 0.475. The van der Waals surface area contributed by atoms with Crippen LogP contribution in [0.3, 0.4) is 0 Å². The van der Waals surface area contributed by atoms with Crippen LogP contribution in [0.4, 0.5) is 14.5 Å². The fourth-order valence-electron chi connectivity index (χ4n) is 1.01. The summed E-state index contributed by atoms with van der Waals surface area (Å²) in [6.07, 6.45) is -1.34. The summed E-state index contributed by atoms with van der Waals surface area (Å²) >= 11 is 0. The molecule has 0 aliphatic rings. The first-order valence-corrected chi connectivity index (χ1v) is 6.11. The SMILES string of the molecule is CS(=O)(=O)c1ccc(NCC(F)F)cc1. The van der Waals surface area contributed by atoms with Gasteiger partial charge in [-0.05, 0) is 24.3 Å². The van der Waals surface area contributed by atoms with Gasteiger partial charge in [0.1, 0.15) is 0 Å². The maximum absolute atomic E-state index is 11.8. The summed E-state index contributed by atoms with van der Waals surface area (Å²) in [6.45, 7) is -0.446. The predicted molar refractivity (Wildman–Crippen MR) is 54.0 cm³/mol. The molecule has 3 nitrogen and oxygen atoms in total. The van der Waals surface area contributed by atoms with Crippen molar-refractivity contribution < 1.29 is 17.2 Å². The number of hydrogen-bond donors (Lipinski definition) is 1. The van der Waals surface area contributed by atoms with E-state index in [0.29, 0.717) is 5.69 Å². The van der Waals surface area contributed by atoms with Gasteiger partial charge < -0.3 is 5.32 Å². The van der Waals surface area contributed by atoms with Crippen molar-refractivity contribution in [2.24, 2.45) is 0 Å². The molecule has 0 unspecified atom stereocenters. The van der Waals surface area contributed by atoms with Gasteiger partial charge in [-0.3, -0.25) is 0 Å². The predicted octanol–water partition coefficient (Wildman–Crippen LogP) is 1.77. The Balaban J connectivity index is 2.73. The van der Waals surface area contributed by atoms with Gasteiger partial charge in [-0.2, -0.15) is 0 Å². The van der Waals surface area contributed by atoms with Crippen LogP contribution >= 0.6 is 0 Å². The standard InChI is InChI=1S/C9H11F2NO2S/c1-15(13,14)8-4-2-7(3-5-8)12-6-9(10)11/h2-5,9,12H,6H2,1H3. The van der Waals surface area contributed by atoms with Crippen LogP contribution in [0.2, 0.25) is 0 Å². The van der Waals surface area contributed by atoms with Crippen LogP contribution in [-0.4, -0.2) is 27.6 Å². The van der Waals surface area contributed by atoms with Gasteiger partial charge in [0.25, 0.3) is 6.43 Å². The smallest absolute Gasteiger partial charge is 0.255 e. The molecule has 1 aromatic rings. The molecule has 1 rings (SSSR count). The Hall–Kier alpha value is -1.17. The number of nitrogens with one attached hydrogen (secondary N) is 1. The fraction of sp³-hybridized carbons (Fsp3) is 0.333. The summed E-state index contributed by atoms with van der Waals surface area (Å²) in [4.78, 5) is 0.171. The van der Waals surface area contributed by atoms with Crippen LogP contribution in [0.15, 0.2) is 29.2 Å². The van der Waals surface area contributed by atoms with E-state index >= 15 is 0 Å². The van der Waals surface area contributed by atoms with E-state index in [2.05, 4.69) is 5.32 Å². The second kappa shape index (κ2) is 4.57. The van der Waals surface area contributed by atoms with Crippen molar-refractivity contribution in [3.63, 3.8) is 0 Å². The third-order valence-electron chi connectivity index (χ3n) is 1.74. The maximum Gasteiger partial charge on any atom is 0.255 e. The third-order valence-corrected chi connectivity index (χ3v) is 2.87. The fourth-order valence-corrected chi connectivity index (χ4v) is 1.65. The first-order valence-electron chi connectivity index (χ1n) is 4.22. The van der Waals surface area contributed by atoms with Crippen molar-refractivity contribution in [1.82, 2.24) is 0 Å². The molecule has 6 heteroatoms. The van der Waals surface area contributed by atoms with Gasteiger partial charge in [0, 0.05) is 11.9 Å². The Bertz CT molecular complexity index is 414. The highest BCUT2D eigenvalue weighted by atomic mass is 32.2. The number of alkyl halides is 2. The van der Waals surface area contributed by atoms with Gasteiger partial charge in [0.2, 0.25) is 0 Å². The van der Waals surface area contributed by atoms with E-state index in [1.165, 1.54) is 24.3 Å². The van der Waals surface area contributed by atoms with E-state index in [-0.39, 0.29) is 4.90 Å². The van der Waals surface area contributed by atoms with Gasteiger partial charge in [-0.25, -0.2) is 17.2 Å². The largest absolute Gasteiger partial charge is 0.379 e. The van der Waals surface area contributed by atoms with Gasteiger partial charge in [-0.15, -0.1) is 0 Å². The van der Waals surface area contributed by atoms with Crippen molar-refractivity contribution in [2.75, 3.05) is 18.1 Å². The third kappa shape index (κ3) is 3.83. The molecule has 0 aromatic heterocycles. The summed E-state index contributed by atoms with van der Waals surface area (Å²) in [7, 11) is -3.23. The Labute approximate surface area is 87.0 Å². The molecule has 0 spiro atoms. The summed E-state index contributed by atoms with van der Waals surface area (Å²) in [5, 5.41) is 2.48. The van der Waals surface area contributed by atoms with E-state index in [9.17, 15) is 17.2 Å². The van der Waals surface area contributed by atoms with Gasteiger partial charge in [0.15, 0.2) is 9.84 Å². The monoisotopic (exact) mass is 235 g/mol. The number of anilines is 1. The summed E-state index contributed by atoms with van der Waals surface area (Å²) in [6, 6.07) is 5.67. The average Bonchev–Trinajstić information content (AvgIpc) is 2.14. The molecule has 1 aromatic carbocycles. The molecule has 0 bridgehead atoms. The minimum absolute atomic E-state index is 0.171. The van der Waals surface area contributed by atoms with Crippen molar-refractivity contribution in [1.29, 1.82) is 0 Å². The van der Waals surface area contributed by atoms with Crippen LogP contribution in [0, 0.1) is 0 Å². The number of hydrogen-bond acceptors (Lipinski definition) is 3. The molecule has 0 radical (unpaired) electrons. The number of halogens is 2. The second-order valence-electron chi connectivity index (χ2n) is 3.07. The zero-order chi connectivity index (χ0) is 11.5. The Kier molecular flexibility index (Phi) is 3.62. The number of sulfone groups is 1. The molecule has 1 N–H and O–H groups in total. The van der Waals surface area contributed by atoms with Gasteiger partial charge in [-0.1, -0.05) is 0 Å². The summed E-state index contributed by atoms with van der Waals surface area (Å²) in [5.74, 6) is 0. The zero-order valence-electron chi connectivity index (χ0n) is 8.07. The highest BCUT2D eigenvalue weighted by Gasteiger charge is 2.06. The molecular weight excluding hydrogens is 224 g/mol. The normalized spacial score (nSPS) is 11.7. The summed E-state index contributed by atoms with van der Waals surface area (Å²) < 4.78 is 45.8. The molecule has 0 fully saturated rings. The lowest BCUT2D eigenvalue weighted by atomic mass is 10.3. The quantitative estimate of drug-likeness (QED) is 0.865. The first kappa shape index (κ1) is 11.9. The highest BCUT2D eigenvalue weighted by molar-refractivity contribution is 7.90. The molecule has 15 heavy (non-hydrogen) atoms. The molecule has 0 saturated heterocycles. The molecule has 0 aliphatic heterocycles. The number of rotatable bonds is 4. The van der Waals surface area contributed by atoms with E-state index in [0.717, 1.165) is 6.26 Å². The lowest BCUT2D eigenvalue weighted by Crippen LogP contribution is -2.10. The highest BCUT2D eigenvalue weighted by Crippen LogP contribution is 2.13. The number of benzene rings is 1. The van der Waals surface area contributed by atoms with E-state index in [1.54, 1.807) is 0 Å². The second-order valence-corrected chi connectivity index (χ2v) is 5.08. The van der Waals surface area contributed by atoms with Crippen LogP contribution in [0.5, 0.6) is 0 Å². The van der Waals surface area contributed by atoms with Crippen LogP contribution < -0.4 is 5.32 Å². The van der Waals surface area contributed by atoms with Crippen LogP contribution in [-0.2, 0) is 9.84 Å². The van der Waals surface area contributed by atoms with Crippen molar-refractivity contribution in [3.05, 3.63) is 24.3 Å². The Morgan fingerprint density at radius 2 is 1.80 bits per heavy atom. The van der Waals surface area contributed by atoms with E-state index in [1.807, 2.05) is 0 Å². The molecule has 0 saturated carbocycles. The van der Waals surface area contributed by atoms with Gasteiger partial charge in [0.05, 0.1) is 11.4 Å². The maximum atomic E-state index is 11.8. The van der Waals surface area contributed by atoms with Crippen LogP contribution in [0.25, 0.3) is 0 Å². The van der Waals surface area contributed by atoms with E-state index < -0.39 is 22.8 Å². The molecule has 0 aliphatic carbocycles. The molecule has 0 amide bonds. The van der Waals surface area contributed by atoms with Crippen molar-refractivity contribution in [2.45, 2.75) is 11.3 Å². The first-order chi connectivity index (χ1) is 6.89. The minimum atomic E-state index is -3.23. The van der Waals surface area contributed by atoms with Crippen molar-refractivity contribution in [3.8, 4) is 0 Å². The topological polar surface area (TPSA) is 46.2 Å². The lowest BCUT2D eigenvalue weighted by molar-refractivity contribution is 0.163. The molecule has 84 valence electrons. The van der Waals surface area contributed by atoms with Crippen LogP contribution in [0.1, 0.15) is 0 Å². The Morgan fingerprint density at radius 1 is 1.27 bits per heavy atom. The molecular formula is C9H11F2NO2S. The van der Waals surface area contributed by atoms with E-state index in [4.69, 9.17) is 0 Å². The lowest BCUT2D eigenvalue weighted by Gasteiger charge is -2.05. The van der Waals surface area contributed by atoms with Crippen molar-refractivity contribution >= 4 is 15.5 Å². The molecule has 0 atom stereocenters. The molecule has 0 heterocycles. The average molecular weight is 235 g/mol. The Morgan fingerprint density at radius 3 is 2.20 bits per heavy atom. The minimum Gasteiger partial charge on any atom is -0.379 e.